The lowest BCUT2D eigenvalue weighted by Gasteiger charge is -2.47. The van der Waals surface area contributed by atoms with E-state index in [-0.39, 0.29) is 5.41 Å². The van der Waals surface area contributed by atoms with Crippen molar-refractivity contribution in [3.8, 4) is 0 Å². The highest BCUT2D eigenvalue weighted by Gasteiger charge is 2.46. The van der Waals surface area contributed by atoms with Gasteiger partial charge in [-0.05, 0) is 94.0 Å². The number of likely N-dealkylation sites (N-methyl/N-ethyl adjacent to an activating group) is 1. The second kappa shape index (κ2) is 12.4. The van der Waals surface area contributed by atoms with Crippen molar-refractivity contribution in [3.63, 3.8) is 0 Å². The van der Waals surface area contributed by atoms with E-state index in [2.05, 4.69) is 86.6 Å². The Hall–Kier alpha value is -1.80. The first-order valence-electron chi connectivity index (χ1n) is 14.6. The van der Waals surface area contributed by atoms with E-state index in [1.807, 2.05) is 0 Å². The molecule has 2 aliphatic rings. The minimum Gasteiger partial charge on any atom is -0.371 e. The molecule has 2 heteroatoms. The molecule has 0 bridgehead atoms. The van der Waals surface area contributed by atoms with Crippen LogP contribution < -0.4 is 10.2 Å². The summed E-state index contributed by atoms with van der Waals surface area (Å²) in [6.45, 7) is 10.5. The Bertz CT molecular complexity index is 892. The molecule has 1 aliphatic heterocycles. The third-order valence-electron chi connectivity index (χ3n) is 9.34. The molecule has 2 fully saturated rings. The van der Waals surface area contributed by atoms with Crippen LogP contribution in [0.3, 0.4) is 0 Å². The zero-order chi connectivity index (χ0) is 24.7. The number of hydrogen-bond donors (Lipinski definition) is 1. The number of rotatable bonds is 13. The Labute approximate surface area is 215 Å². The standard InChI is InChI=1S/C33H50N2/c1-5-12-29(15-8-7-14-28-23-35(24-28)31-21-19-26(2)20-22-31)33(25-34-4,30-16-9-10-17-30)32-18-11-6-13-27(32)3/h6,11,13,18-22,28-30,34H,5,7-10,12,14-17,23-25H2,1-4H3. The first-order valence-corrected chi connectivity index (χ1v) is 14.6. The first-order chi connectivity index (χ1) is 17.1. The summed E-state index contributed by atoms with van der Waals surface area (Å²) in [7, 11) is 2.18. The Balaban J connectivity index is 1.39. The van der Waals surface area contributed by atoms with Crippen LogP contribution in [0.25, 0.3) is 0 Å². The van der Waals surface area contributed by atoms with Gasteiger partial charge in [0.05, 0.1) is 0 Å². The average Bonchev–Trinajstić information content (AvgIpc) is 3.37. The van der Waals surface area contributed by atoms with E-state index >= 15 is 0 Å². The summed E-state index contributed by atoms with van der Waals surface area (Å²) < 4.78 is 0. The molecule has 1 N–H and O–H groups in total. The van der Waals surface area contributed by atoms with Gasteiger partial charge in [0, 0.05) is 30.7 Å². The lowest BCUT2D eigenvalue weighted by Crippen LogP contribution is -2.49. The molecule has 35 heavy (non-hydrogen) atoms. The van der Waals surface area contributed by atoms with E-state index in [9.17, 15) is 0 Å². The first kappa shape index (κ1) is 26.3. The summed E-state index contributed by atoms with van der Waals surface area (Å²) in [6, 6.07) is 18.4. The smallest absolute Gasteiger partial charge is 0.0366 e. The fourth-order valence-electron chi connectivity index (χ4n) is 7.54. The number of nitrogens with one attached hydrogen (secondary N) is 1. The quantitative estimate of drug-likeness (QED) is 0.295. The molecule has 0 aromatic heterocycles. The van der Waals surface area contributed by atoms with Crippen molar-refractivity contribution < 1.29 is 0 Å². The molecule has 0 amide bonds. The van der Waals surface area contributed by atoms with Gasteiger partial charge in [-0.2, -0.15) is 0 Å². The number of hydrogen-bond acceptors (Lipinski definition) is 2. The van der Waals surface area contributed by atoms with Gasteiger partial charge in [0.15, 0.2) is 0 Å². The average molecular weight is 475 g/mol. The number of anilines is 1. The summed E-state index contributed by atoms with van der Waals surface area (Å²) >= 11 is 0. The molecule has 1 saturated carbocycles. The molecule has 0 spiro atoms. The van der Waals surface area contributed by atoms with Gasteiger partial charge in [0.1, 0.15) is 0 Å². The largest absolute Gasteiger partial charge is 0.371 e. The number of aryl methyl sites for hydroxylation is 2. The molecular formula is C33H50N2. The Kier molecular flexibility index (Phi) is 9.34. The highest BCUT2D eigenvalue weighted by Crippen LogP contribution is 2.50. The maximum atomic E-state index is 3.70. The van der Waals surface area contributed by atoms with Crippen molar-refractivity contribution in [1.82, 2.24) is 5.32 Å². The lowest BCUT2D eigenvalue weighted by molar-refractivity contribution is 0.142. The third kappa shape index (κ3) is 5.96. The fraction of sp³-hybridized carbons (Fsp3) is 0.636. The van der Waals surface area contributed by atoms with Crippen LogP contribution >= 0.6 is 0 Å². The van der Waals surface area contributed by atoms with E-state index in [1.54, 1.807) is 5.56 Å². The van der Waals surface area contributed by atoms with E-state index in [1.165, 1.54) is 94.1 Å². The van der Waals surface area contributed by atoms with Crippen LogP contribution in [0.4, 0.5) is 5.69 Å². The lowest BCUT2D eigenvalue weighted by atomic mass is 9.58. The number of nitrogens with zero attached hydrogens (tertiary/aromatic N) is 1. The molecule has 1 saturated heterocycles. The van der Waals surface area contributed by atoms with Gasteiger partial charge >= 0.3 is 0 Å². The van der Waals surface area contributed by atoms with Crippen molar-refractivity contribution in [3.05, 3.63) is 65.2 Å². The topological polar surface area (TPSA) is 15.3 Å². The Morgan fingerprint density at radius 1 is 0.943 bits per heavy atom. The Morgan fingerprint density at radius 3 is 2.31 bits per heavy atom. The van der Waals surface area contributed by atoms with Gasteiger partial charge in [-0.25, -0.2) is 0 Å². The molecular weight excluding hydrogens is 424 g/mol. The van der Waals surface area contributed by atoms with E-state index < -0.39 is 0 Å². The van der Waals surface area contributed by atoms with Crippen LogP contribution in [0.5, 0.6) is 0 Å². The zero-order valence-electron chi connectivity index (χ0n) is 23.0. The van der Waals surface area contributed by atoms with Crippen LogP contribution in [0.1, 0.15) is 87.8 Å². The van der Waals surface area contributed by atoms with Crippen LogP contribution in [0.15, 0.2) is 48.5 Å². The zero-order valence-corrected chi connectivity index (χ0v) is 23.0. The van der Waals surface area contributed by atoms with Crippen molar-refractivity contribution >= 4 is 5.69 Å². The molecule has 192 valence electrons. The molecule has 2 aromatic carbocycles. The van der Waals surface area contributed by atoms with Gasteiger partial charge in [0.2, 0.25) is 0 Å². The molecule has 0 radical (unpaired) electrons. The maximum absolute atomic E-state index is 3.70. The fourth-order valence-corrected chi connectivity index (χ4v) is 7.54. The Morgan fingerprint density at radius 2 is 1.66 bits per heavy atom. The second-order valence-corrected chi connectivity index (χ2v) is 11.7. The molecule has 2 aromatic rings. The van der Waals surface area contributed by atoms with Gasteiger partial charge in [0.25, 0.3) is 0 Å². The minimum absolute atomic E-state index is 0.283. The van der Waals surface area contributed by atoms with E-state index in [0.29, 0.717) is 0 Å². The summed E-state index contributed by atoms with van der Waals surface area (Å²) in [5.41, 5.74) is 6.19. The van der Waals surface area contributed by atoms with Crippen LogP contribution in [-0.2, 0) is 5.41 Å². The molecule has 2 atom stereocenters. The summed E-state index contributed by atoms with van der Waals surface area (Å²) in [6.07, 6.45) is 13.9. The van der Waals surface area contributed by atoms with Crippen molar-refractivity contribution in [2.75, 3.05) is 31.6 Å². The second-order valence-electron chi connectivity index (χ2n) is 11.7. The minimum atomic E-state index is 0.283. The molecule has 1 aliphatic carbocycles. The molecule has 2 nitrogen and oxygen atoms in total. The third-order valence-corrected chi connectivity index (χ3v) is 9.34. The predicted molar refractivity (Wildman–Crippen MR) is 152 cm³/mol. The van der Waals surface area contributed by atoms with Crippen molar-refractivity contribution in [2.45, 2.75) is 90.4 Å². The molecule has 4 rings (SSSR count). The summed E-state index contributed by atoms with van der Waals surface area (Å²) in [5, 5.41) is 3.70. The SMILES string of the molecule is CCCC(CCCCC1CN(c2ccc(C)cc2)C1)C(CNC)(c1ccccc1C)C1CCCC1. The normalized spacial score (nSPS) is 19.5. The van der Waals surface area contributed by atoms with Crippen LogP contribution in [0, 0.1) is 31.6 Å². The van der Waals surface area contributed by atoms with E-state index in [0.717, 1.165) is 24.3 Å². The summed E-state index contributed by atoms with van der Waals surface area (Å²) in [4.78, 5) is 2.56. The van der Waals surface area contributed by atoms with Crippen LogP contribution in [0.2, 0.25) is 0 Å². The van der Waals surface area contributed by atoms with Gasteiger partial charge in [-0.1, -0.05) is 81.0 Å². The van der Waals surface area contributed by atoms with Gasteiger partial charge < -0.3 is 10.2 Å². The maximum Gasteiger partial charge on any atom is 0.0366 e. The predicted octanol–water partition coefficient (Wildman–Crippen LogP) is 8.06. The van der Waals surface area contributed by atoms with Gasteiger partial charge in [-0.3, -0.25) is 0 Å². The van der Waals surface area contributed by atoms with E-state index in [4.69, 9.17) is 0 Å². The molecule has 1 heterocycles. The molecule has 2 unspecified atom stereocenters. The number of unbranched alkanes of at least 4 members (excludes halogenated alkanes) is 1. The van der Waals surface area contributed by atoms with Gasteiger partial charge in [-0.15, -0.1) is 0 Å². The van der Waals surface area contributed by atoms with Crippen molar-refractivity contribution in [2.24, 2.45) is 17.8 Å². The highest BCUT2D eigenvalue weighted by atomic mass is 15.2. The summed E-state index contributed by atoms with van der Waals surface area (Å²) in [5.74, 6) is 2.48. The highest BCUT2D eigenvalue weighted by molar-refractivity contribution is 5.49. The monoisotopic (exact) mass is 474 g/mol. The number of benzene rings is 2. The van der Waals surface area contributed by atoms with Crippen LogP contribution in [-0.4, -0.2) is 26.7 Å². The van der Waals surface area contributed by atoms with Crippen molar-refractivity contribution in [1.29, 1.82) is 0 Å².